The minimum atomic E-state index is -0.324. The number of methoxy groups -OCH3 is 6. The summed E-state index contributed by atoms with van der Waals surface area (Å²) < 4.78 is 35.7. The zero-order chi connectivity index (χ0) is 40.3. The van der Waals surface area contributed by atoms with Crippen LogP contribution in [0.1, 0.15) is 54.1 Å². The Kier molecular flexibility index (Phi) is 11.6. The number of aryl methyl sites for hydroxylation is 4. The SMILES string of the molecule is COc1cc2c(OC)c(-c3c(C)cc4c(C(=O)NCc5cccc(C)c5)c(OC)c(OC)cc4c3OC)c(C)cc2c(C(=O)NCc2cccc(C)c2)c1OC. The van der Waals surface area contributed by atoms with E-state index >= 15 is 0 Å². The lowest BCUT2D eigenvalue weighted by Crippen LogP contribution is -2.24. The van der Waals surface area contributed by atoms with Crippen molar-refractivity contribution in [1.82, 2.24) is 10.6 Å². The molecular weight excluding hydrogens is 709 g/mol. The summed E-state index contributed by atoms with van der Waals surface area (Å²) in [7, 11) is 9.30. The van der Waals surface area contributed by atoms with E-state index in [1.807, 2.05) is 100 Å². The van der Waals surface area contributed by atoms with Crippen molar-refractivity contribution in [2.24, 2.45) is 0 Å². The van der Waals surface area contributed by atoms with Gasteiger partial charge in [0.1, 0.15) is 11.5 Å². The fraction of sp³-hybridized carbons (Fsp3) is 0.261. The van der Waals surface area contributed by atoms with Gasteiger partial charge in [0.05, 0.1) is 53.8 Å². The highest BCUT2D eigenvalue weighted by Gasteiger charge is 2.30. The van der Waals surface area contributed by atoms with Gasteiger partial charge in [0.25, 0.3) is 11.8 Å². The summed E-state index contributed by atoms with van der Waals surface area (Å²) in [6.07, 6.45) is 0. The van der Waals surface area contributed by atoms with Gasteiger partial charge < -0.3 is 39.1 Å². The molecule has 0 radical (unpaired) electrons. The summed E-state index contributed by atoms with van der Waals surface area (Å²) in [4.78, 5) is 28.2. The van der Waals surface area contributed by atoms with Gasteiger partial charge in [0, 0.05) is 45.8 Å². The first-order valence-electron chi connectivity index (χ1n) is 18.2. The smallest absolute Gasteiger partial charge is 0.256 e. The lowest BCUT2D eigenvalue weighted by atomic mass is 9.87. The normalized spacial score (nSPS) is 11.0. The first-order valence-corrected chi connectivity index (χ1v) is 18.2. The van der Waals surface area contributed by atoms with Crippen molar-refractivity contribution in [3.8, 4) is 45.6 Å². The highest BCUT2D eigenvalue weighted by atomic mass is 16.5. The predicted molar refractivity (Wildman–Crippen MR) is 220 cm³/mol. The Balaban J connectivity index is 1.56. The number of rotatable bonds is 13. The molecule has 0 aliphatic heterocycles. The van der Waals surface area contributed by atoms with Crippen LogP contribution in [0.5, 0.6) is 34.5 Å². The third-order valence-electron chi connectivity index (χ3n) is 10.1. The van der Waals surface area contributed by atoms with Crippen molar-refractivity contribution in [1.29, 1.82) is 0 Å². The summed E-state index contributed by atoms with van der Waals surface area (Å²) in [5.41, 5.74) is 7.90. The molecule has 0 fully saturated rings. The number of amides is 2. The highest BCUT2D eigenvalue weighted by Crippen LogP contribution is 2.52. The Labute approximate surface area is 327 Å². The zero-order valence-corrected chi connectivity index (χ0v) is 33.6. The molecule has 0 unspecified atom stereocenters. The molecule has 56 heavy (non-hydrogen) atoms. The Hall–Kier alpha value is -6.42. The van der Waals surface area contributed by atoms with Gasteiger partial charge in [-0.25, -0.2) is 0 Å². The van der Waals surface area contributed by atoms with Gasteiger partial charge in [-0.1, -0.05) is 59.7 Å². The van der Waals surface area contributed by atoms with E-state index in [1.54, 1.807) is 14.2 Å². The van der Waals surface area contributed by atoms with Crippen LogP contribution in [-0.2, 0) is 13.1 Å². The van der Waals surface area contributed by atoms with Crippen LogP contribution in [0.2, 0.25) is 0 Å². The molecule has 10 nitrogen and oxygen atoms in total. The molecule has 6 aromatic carbocycles. The van der Waals surface area contributed by atoms with Crippen molar-refractivity contribution < 1.29 is 38.0 Å². The predicted octanol–water partition coefficient (Wildman–Crippen LogP) is 8.81. The van der Waals surface area contributed by atoms with Gasteiger partial charge in [-0.15, -0.1) is 0 Å². The topological polar surface area (TPSA) is 114 Å². The Morgan fingerprint density at radius 3 is 1.16 bits per heavy atom. The molecule has 0 aliphatic rings. The van der Waals surface area contributed by atoms with Crippen LogP contribution in [-0.4, -0.2) is 54.5 Å². The number of carbonyl (C=O) groups is 2. The minimum absolute atomic E-state index is 0.310. The van der Waals surface area contributed by atoms with E-state index in [4.69, 9.17) is 28.4 Å². The molecule has 0 atom stereocenters. The van der Waals surface area contributed by atoms with Gasteiger partial charge in [0.2, 0.25) is 0 Å². The molecule has 10 heteroatoms. The second kappa shape index (κ2) is 16.5. The van der Waals surface area contributed by atoms with Gasteiger partial charge in [-0.3, -0.25) is 9.59 Å². The molecule has 0 saturated carbocycles. The lowest BCUT2D eigenvalue weighted by Gasteiger charge is -2.24. The Morgan fingerprint density at radius 2 is 0.839 bits per heavy atom. The number of hydrogen-bond donors (Lipinski definition) is 2. The van der Waals surface area contributed by atoms with Crippen LogP contribution in [0.4, 0.5) is 0 Å². The average molecular weight is 757 g/mol. The van der Waals surface area contributed by atoms with E-state index < -0.39 is 0 Å². The monoisotopic (exact) mass is 756 g/mol. The van der Waals surface area contributed by atoms with Crippen molar-refractivity contribution in [3.05, 3.63) is 117 Å². The van der Waals surface area contributed by atoms with E-state index in [2.05, 4.69) is 10.6 Å². The Morgan fingerprint density at radius 1 is 0.464 bits per heavy atom. The third-order valence-corrected chi connectivity index (χ3v) is 10.1. The summed E-state index contributed by atoms with van der Waals surface area (Å²) in [5, 5.41) is 8.67. The molecule has 0 aromatic heterocycles. The highest BCUT2D eigenvalue weighted by molar-refractivity contribution is 6.16. The fourth-order valence-electron chi connectivity index (χ4n) is 7.58. The van der Waals surface area contributed by atoms with E-state index in [0.29, 0.717) is 80.3 Å². The molecule has 0 spiro atoms. The van der Waals surface area contributed by atoms with E-state index in [1.165, 1.54) is 28.4 Å². The summed E-state index contributed by atoms with van der Waals surface area (Å²) in [6.45, 7) is 8.60. The Bertz CT molecular complexity index is 2320. The molecule has 290 valence electrons. The van der Waals surface area contributed by atoms with Crippen LogP contribution in [0.15, 0.2) is 72.8 Å². The zero-order valence-electron chi connectivity index (χ0n) is 33.6. The van der Waals surface area contributed by atoms with Crippen LogP contribution >= 0.6 is 0 Å². The second-order valence-electron chi connectivity index (χ2n) is 13.7. The number of ether oxygens (including phenoxy) is 6. The lowest BCUT2D eigenvalue weighted by molar-refractivity contribution is 0.0940. The van der Waals surface area contributed by atoms with Crippen LogP contribution in [0.25, 0.3) is 32.7 Å². The largest absolute Gasteiger partial charge is 0.495 e. The number of carbonyl (C=O) groups excluding carboxylic acids is 2. The second-order valence-corrected chi connectivity index (χ2v) is 13.7. The maximum atomic E-state index is 14.1. The number of nitrogens with one attached hydrogen (secondary N) is 2. The molecule has 6 aromatic rings. The summed E-state index contributed by atoms with van der Waals surface area (Å²) in [5.74, 6) is 1.72. The molecule has 6 rings (SSSR count). The van der Waals surface area contributed by atoms with Crippen molar-refractivity contribution in [3.63, 3.8) is 0 Å². The molecule has 0 bridgehead atoms. The van der Waals surface area contributed by atoms with E-state index in [0.717, 1.165) is 44.5 Å². The van der Waals surface area contributed by atoms with Crippen LogP contribution in [0, 0.1) is 27.7 Å². The maximum Gasteiger partial charge on any atom is 0.256 e. The standard InChI is InChI=1S/C46H48N2O8/c1-25-13-11-15-29(17-25)23-47-45(49)39-31-19-27(3)37(41(53-7)33(31)21-35(51-5)43(39)55-9)38-28(4)20-32-34(42(38)54-8)22-36(52-6)44(56-10)40(32)46(50)48-24-30-16-12-14-26(2)18-30/h11-22H,23-24H2,1-10H3,(H,47,49)(H,48,50). The summed E-state index contributed by atoms with van der Waals surface area (Å²) in [6, 6.07) is 23.5. The maximum absolute atomic E-state index is 14.1. The molecule has 2 amide bonds. The van der Waals surface area contributed by atoms with Gasteiger partial charge in [-0.05, 0) is 74.2 Å². The van der Waals surface area contributed by atoms with Crippen molar-refractivity contribution in [2.75, 3.05) is 42.7 Å². The van der Waals surface area contributed by atoms with Gasteiger partial charge in [0.15, 0.2) is 23.0 Å². The number of benzene rings is 6. The molecule has 0 saturated heterocycles. The first kappa shape index (κ1) is 39.3. The quantitative estimate of drug-likeness (QED) is 0.120. The van der Waals surface area contributed by atoms with Crippen LogP contribution < -0.4 is 39.1 Å². The average Bonchev–Trinajstić information content (AvgIpc) is 3.19. The van der Waals surface area contributed by atoms with Gasteiger partial charge >= 0.3 is 0 Å². The molecular formula is C46H48N2O8. The number of hydrogen-bond acceptors (Lipinski definition) is 8. The van der Waals surface area contributed by atoms with Crippen molar-refractivity contribution >= 4 is 33.4 Å². The minimum Gasteiger partial charge on any atom is -0.495 e. The number of fused-ring (bicyclic) bond motifs is 2. The molecule has 2 N–H and O–H groups in total. The van der Waals surface area contributed by atoms with Crippen LogP contribution in [0.3, 0.4) is 0 Å². The third kappa shape index (κ3) is 7.22. The molecule has 0 heterocycles. The van der Waals surface area contributed by atoms with Gasteiger partial charge in [-0.2, -0.15) is 0 Å². The van der Waals surface area contributed by atoms with E-state index in [9.17, 15) is 9.59 Å². The fourth-order valence-corrected chi connectivity index (χ4v) is 7.58. The summed E-state index contributed by atoms with van der Waals surface area (Å²) >= 11 is 0. The van der Waals surface area contributed by atoms with Crippen molar-refractivity contribution in [2.45, 2.75) is 40.8 Å². The van der Waals surface area contributed by atoms with E-state index in [-0.39, 0.29) is 11.8 Å². The molecule has 0 aliphatic carbocycles. The first-order chi connectivity index (χ1) is 27.0.